The Bertz CT molecular complexity index is 434. The number of halogens is 4. The summed E-state index contributed by atoms with van der Waals surface area (Å²) in [7, 11) is 0. The van der Waals surface area contributed by atoms with Crippen LogP contribution in [0.5, 0.6) is 5.75 Å². The van der Waals surface area contributed by atoms with Crippen molar-refractivity contribution < 1.29 is 27.4 Å². The number of carbonyl (C=O) groups is 1. The van der Waals surface area contributed by atoms with Gasteiger partial charge in [-0.25, -0.2) is 9.18 Å². The van der Waals surface area contributed by atoms with Gasteiger partial charge in [0.2, 0.25) is 6.17 Å². The first kappa shape index (κ1) is 18.5. The molecule has 2 atom stereocenters. The average molecular weight is 314 g/mol. The van der Waals surface area contributed by atoms with Gasteiger partial charge in [0.25, 0.3) is 0 Å². The monoisotopic (exact) mass is 313 g/mol. The van der Waals surface area contributed by atoms with E-state index < -0.39 is 24.8 Å². The summed E-state index contributed by atoms with van der Waals surface area (Å²) < 4.78 is 46.8. The van der Waals surface area contributed by atoms with Crippen molar-refractivity contribution in [2.45, 2.75) is 25.7 Å². The molecule has 0 saturated heterocycles. The van der Waals surface area contributed by atoms with Crippen molar-refractivity contribution in [3.8, 4) is 5.75 Å². The van der Waals surface area contributed by atoms with Gasteiger partial charge in [-0.3, -0.25) is 0 Å². The van der Waals surface area contributed by atoms with E-state index in [2.05, 4.69) is 9.47 Å². The predicted octanol–water partition coefficient (Wildman–Crippen LogP) is 2.61. The third kappa shape index (κ3) is 4.90. The maximum Gasteiger partial charge on any atom is 0.387 e. The van der Waals surface area contributed by atoms with E-state index >= 15 is 0 Å². The largest absolute Gasteiger partial charge is 0.464 e. The lowest BCUT2D eigenvalue weighted by atomic mass is 10.0. The van der Waals surface area contributed by atoms with Crippen LogP contribution < -0.4 is 10.5 Å². The van der Waals surface area contributed by atoms with Crippen LogP contribution in [0.15, 0.2) is 24.3 Å². The minimum atomic E-state index is -3.06. The Labute approximate surface area is 120 Å². The first-order chi connectivity index (χ1) is 8.97. The molecule has 1 unspecified atom stereocenters. The minimum Gasteiger partial charge on any atom is -0.464 e. The molecule has 20 heavy (non-hydrogen) atoms. The Hall–Kier alpha value is -1.47. The zero-order valence-electron chi connectivity index (χ0n) is 10.6. The number of nitrogens with two attached hydrogens (primary N) is 1. The van der Waals surface area contributed by atoms with Gasteiger partial charge in [0.1, 0.15) is 5.75 Å². The molecule has 0 spiro atoms. The molecule has 0 bridgehead atoms. The zero-order valence-corrected chi connectivity index (χ0v) is 11.4. The van der Waals surface area contributed by atoms with Crippen molar-refractivity contribution in [3.63, 3.8) is 0 Å². The predicted molar refractivity (Wildman–Crippen MR) is 68.8 cm³/mol. The lowest BCUT2D eigenvalue weighted by Gasteiger charge is -2.18. The molecule has 0 aliphatic rings. The first-order valence-electron chi connectivity index (χ1n) is 5.57. The molecule has 0 amide bonds. The van der Waals surface area contributed by atoms with Crippen LogP contribution in [-0.4, -0.2) is 25.4 Å². The molecule has 0 fully saturated rings. The topological polar surface area (TPSA) is 61.5 Å². The third-order valence-corrected chi connectivity index (χ3v) is 2.32. The van der Waals surface area contributed by atoms with Crippen LogP contribution in [-0.2, 0) is 9.53 Å². The lowest BCUT2D eigenvalue weighted by molar-refractivity contribution is -0.149. The molecule has 1 aromatic rings. The van der Waals surface area contributed by atoms with E-state index in [9.17, 15) is 18.0 Å². The maximum atomic E-state index is 13.7. The molecule has 0 aliphatic carbocycles. The molecule has 114 valence electrons. The van der Waals surface area contributed by atoms with Gasteiger partial charge >= 0.3 is 12.6 Å². The Morgan fingerprint density at radius 1 is 1.30 bits per heavy atom. The number of esters is 1. The second kappa shape index (κ2) is 8.65. The highest BCUT2D eigenvalue weighted by Crippen LogP contribution is 2.28. The molecule has 8 heteroatoms. The number of para-hydroxylation sites is 1. The van der Waals surface area contributed by atoms with Crippen LogP contribution in [0.1, 0.15) is 18.5 Å². The SMILES string of the molecule is CCOC(=O)C(F)[C@@H](N)c1ccccc1OC(F)F.Cl. The van der Waals surface area contributed by atoms with Crippen LogP contribution in [0.25, 0.3) is 0 Å². The fraction of sp³-hybridized carbons (Fsp3) is 0.417. The van der Waals surface area contributed by atoms with E-state index in [1.807, 2.05) is 0 Å². The van der Waals surface area contributed by atoms with Gasteiger partial charge in [0.15, 0.2) is 0 Å². The lowest BCUT2D eigenvalue weighted by Crippen LogP contribution is -2.32. The number of hydrogen-bond acceptors (Lipinski definition) is 4. The second-order valence-electron chi connectivity index (χ2n) is 3.60. The van der Waals surface area contributed by atoms with Crippen LogP contribution in [0.2, 0.25) is 0 Å². The van der Waals surface area contributed by atoms with Gasteiger partial charge in [0, 0.05) is 5.56 Å². The third-order valence-electron chi connectivity index (χ3n) is 2.32. The molecule has 0 radical (unpaired) electrons. The molecule has 0 heterocycles. The molecule has 2 N–H and O–H groups in total. The van der Waals surface area contributed by atoms with Crippen molar-refractivity contribution in [2.24, 2.45) is 5.73 Å². The molecule has 0 aromatic heterocycles. The van der Waals surface area contributed by atoms with Crippen molar-refractivity contribution in [2.75, 3.05) is 6.61 Å². The van der Waals surface area contributed by atoms with Gasteiger partial charge in [-0.1, -0.05) is 18.2 Å². The number of ether oxygens (including phenoxy) is 2. The first-order valence-corrected chi connectivity index (χ1v) is 5.57. The molecule has 4 nitrogen and oxygen atoms in total. The second-order valence-corrected chi connectivity index (χ2v) is 3.60. The number of hydrogen-bond donors (Lipinski definition) is 1. The van der Waals surface area contributed by atoms with E-state index in [-0.39, 0.29) is 30.3 Å². The van der Waals surface area contributed by atoms with Crippen LogP contribution in [0.3, 0.4) is 0 Å². The summed E-state index contributed by atoms with van der Waals surface area (Å²) in [6, 6.07) is 4.01. The van der Waals surface area contributed by atoms with Gasteiger partial charge in [-0.2, -0.15) is 8.78 Å². The number of carbonyl (C=O) groups excluding carboxylic acids is 1. The van der Waals surface area contributed by atoms with E-state index in [0.717, 1.165) is 0 Å². The molecular formula is C12H15ClF3NO3. The van der Waals surface area contributed by atoms with Crippen molar-refractivity contribution in [3.05, 3.63) is 29.8 Å². The van der Waals surface area contributed by atoms with Gasteiger partial charge < -0.3 is 15.2 Å². The molecule has 0 aliphatic heterocycles. The Morgan fingerprint density at radius 2 is 1.90 bits per heavy atom. The molecule has 1 aromatic carbocycles. The Kier molecular flexibility index (Phi) is 8.02. The van der Waals surface area contributed by atoms with Gasteiger partial charge in [-0.05, 0) is 13.0 Å². The zero-order chi connectivity index (χ0) is 14.4. The normalized spacial score (nSPS) is 13.3. The number of rotatable bonds is 6. The highest BCUT2D eigenvalue weighted by Gasteiger charge is 2.30. The summed E-state index contributed by atoms with van der Waals surface area (Å²) in [5.41, 5.74) is 5.52. The summed E-state index contributed by atoms with van der Waals surface area (Å²) in [5.74, 6) is -1.40. The number of benzene rings is 1. The van der Waals surface area contributed by atoms with E-state index in [0.29, 0.717) is 0 Å². The smallest absolute Gasteiger partial charge is 0.387 e. The summed E-state index contributed by atoms with van der Waals surface area (Å²) in [4.78, 5) is 11.2. The van der Waals surface area contributed by atoms with Crippen LogP contribution in [0.4, 0.5) is 13.2 Å². The van der Waals surface area contributed by atoms with E-state index in [1.54, 1.807) is 0 Å². The number of alkyl halides is 3. The van der Waals surface area contributed by atoms with Crippen LogP contribution in [0, 0.1) is 0 Å². The maximum absolute atomic E-state index is 13.7. The van der Waals surface area contributed by atoms with Gasteiger partial charge in [-0.15, -0.1) is 12.4 Å². The van der Waals surface area contributed by atoms with Crippen molar-refractivity contribution >= 4 is 18.4 Å². The van der Waals surface area contributed by atoms with Crippen molar-refractivity contribution in [1.82, 2.24) is 0 Å². The van der Waals surface area contributed by atoms with Gasteiger partial charge in [0.05, 0.1) is 12.6 Å². The molecular weight excluding hydrogens is 299 g/mol. The Morgan fingerprint density at radius 3 is 2.45 bits per heavy atom. The summed E-state index contributed by atoms with van der Waals surface area (Å²) in [5, 5.41) is 0. The van der Waals surface area contributed by atoms with E-state index in [1.165, 1.54) is 31.2 Å². The molecule has 0 saturated carbocycles. The van der Waals surface area contributed by atoms with Crippen LogP contribution >= 0.6 is 12.4 Å². The summed E-state index contributed by atoms with van der Waals surface area (Å²) >= 11 is 0. The van der Waals surface area contributed by atoms with Crippen molar-refractivity contribution in [1.29, 1.82) is 0 Å². The standard InChI is InChI=1S/C12H14F3NO3.ClH/c1-2-18-11(17)9(13)10(16)7-5-3-4-6-8(7)19-12(14)15;/h3-6,9-10,12H,2,16H2,1H3;1H/t9?,10-;/m0./s1. The fourth-order valence-corrected chi connectivity index (χ4v) is 1.49. The summed E-state index contributed by atoms with van der Waals surface area (Å²) in [6.07, 6.45) is -2.15. The minimum absolute atomic E-state index is 0. The quantitative estimate of drug-likeness (QED) is 0.820. The fourth-order valence-electron chi connectivity index (χ4n) is 1.49. The van der Waals surface area contributed by atoms with E-state index in [4.69, 9.17) is 5.73 Å². The highest BCUT2D eigenvalue weighted by atomic mass is 35.5. The highest BCUT2D eigenvalue weighted by molar-refractivity contribution is 5.85. The average Bonchev–Trinajstić information content (AvgIpc) is 2.37. The molecule has 1 rings (SSSR count). The Balaban J connectivity index is 0.00000361. The summed E-state index contributed by atoms with van der Waals surface area (Å²) in [6.45, 7) is -1.54.